The number of benzene rings is 1. The Kier molecular flexibility index (Phi) is 4.66. The van der Waals surface area contributed by atoms with Crippen molar-refractivity contribution in [2.75, 3.05) is 13.1 Å². The summed E-state index contributed by atoms with van der Waals surface area (Å²) >= 11 is 5.97. The van der Waals surface area contributed by atoms with Crippen molar-refractivity contribution >= 4 is 17.5 Å². The second kappa shape index (κ2) is 6.73. The van der Waals surface area contributed by atoms with Gasteiger partial charge in [0.05, 0.1) is 17.1 Å². The van der Waals surface area contributed by atoms with Crippen molar-refractivity contribution < 1.29 is 13.9 Å². The lowest BCUT2D eigenvalue weighted by Crippen LogP contribution is -2.31. The van der Waals surface area contributed by atoms with Crippen LogP contribution in [-0.4, -0.2) is 40.0 Å². The van der Waals surface area contributed by atoms with Crippen LogP contribution in [0.2, 0.25) is 5.02 Å². The fourth-order valence-corrected chi connectivity index (χ4v) is 3.00. The zero-order valence-electron chi connectivity index (χ0n) is 13.4. The van der Waals surface area contributed by atoms with E-state index in [4.69, 9.17) is 16.3 Å². The highest BCUT2D eigenvalue weighted by molar-refractivity contribution is 6.33. The predicted octanol–water partition coefficient (Wildman–Crippen LogP) is 3.18. The Bertz CT molecular complexity index is 764. The van der Waals surface area contributed by atoms with Crippen molar-refractivity contribution in [2.45, 2.75) is 26.4 Å². The zero-order valence-corrected chi connectivity index (χ0v) is 14.2. The van der Waals surface area contributed by atoms with E-state index in [0.717, 1.165) is 11.8 Å². The summed E-state index contributed by atoms with van der Waals surface area (Å²) < 4.78 is 19.0. The van der Waals surface area contributed by atoms with E-state index in [0.29, 0.717) is 36.8 Å². The molecule has 1 atom stereocenters. The number of carbonyl (C=O) groups excluding carboxylic acids is 1. The van der Waals surface area contributed by atoms with Crippen LogP contribution < -0.4 is 4.74 Å². The minimum atomic E-state index is -0.464. The summed E-state index contributed by atoms with van der Waals surface area (Å²) in [5.41, 5.74) is 1.13. The molecule has 0 bridgehead atoms. The van der Waals surface area contributed by atoms with Crippen molar-refractivity contribution in [3.05, 3.63) is 52.2 Å². The Morgan fingerprint density at radius 2 is 2.12 bits per heavy atom. The maximum atomic E-state index is 13.1. The number of aromatic nitrogens is 2. The smallest absolute Gasteiger partial charge is 0.255 e. The Labute approximate surface area is 144 Å². The van der Waals surface area contributed by atoms with Crippen molar-refractivity contribution in [1.29, 1.82) is 0 Å². The third kappa shape index (κ3) is 3.64. The van der Waals surface area contributed by atoms with Gasteiger partial charge in [0.1, 0.15) is 17.7 Å². The van der Waals surface area contributed by atoms with Gasteiger partial charge >= 0.3 is 0 Å². The van der Waals surface area contributed by atoms with E-state index < -0.39 is 5.82 Å². The molecule has 2 heterocycles. The van der Waals surface area contributed by atoms with E-state index in [1.807, 2.05) is 6.92 Å². The normalized spacial score (nSPS) is 17.2. The molecule has 3 rings (SSSR count). The maximum absolute atomic E-state index is 13.1. The lowest BCUT2D eigenvalue weighted by Gasteiger charge is -2.18. The highest BCUT2D eigenvalue weighted by atomic mass is 35.5. The molecule has 1 amide bonds. The third-order valence-electron chi connectivity index (χ3n) is 3.82. The standard InChI is InChI=1S/C17H17ClFN3O2/c1-10-7-16(21-11(2)20-10)24-13-5-6-22(9-13)17(23)14-4-3-12(19)8-15(14)18/h3-4,7-8,13H,5-6,9H2,1-2H3/t13-/m1/s1. The van der Waals surface area contributed by atoms with Crippen LogP contribution in [0.25, 0.3) is 0 Å². The van der Waals surface area contributed by atoms with Gasteiger partial charge in [0.15, 0.2) is 0 Å². The topological polar surface area (TPSA) is 55.3 Å². The fourth-order valence-electron chi connectivity index (χ4n) is 2.76. The molecule has 1 saturated heterocycles. The Hall–Kier alpha value is -2.21. The molecule has 0 saturated carbocycles. The molecule has 0 spiro atoms. The molecule has 2 aromatic rings. The summed E-state index contributed by atoms with van der Waals surface area (Å²) in [5.74, 6) is 0.475. The molecule has 5 nitrogen and oxygen atoms in total. The zero-order chi connectivity index (χ0) is 17.3. The summed E-state index contributed by atoms with van der Waals surface area (Å²) in [6, 6.07) is 5.56. The molecular weight excluding hydrogens is 333 g/mol. The molecule has 126 valence electrons. The number of carbonyl (C=O) groups is 1. The van der Waals surface area contributed by atoms with Crippen LogP contribution in [0.1, 0.15) is 28.3 Å². The van der Waals surface area contributed by atoms with Gasteiger partial charge in [-0.05, 0) is 32.0 Å². The number of hydrogen-bond acceptors (Lipinski definition) is 4. The number of amides is 1. The van der Waals surface area contributed by atoms with E-state index in [1.165, 1.54) is 12.1 Å². The van der Waals surface area contributed by atoms with Crippen LogP contribution in [0.15, 0.2) is 24.3 Å². The first kappa shape index (κ1) is 16.6. The van der Waals surface area contributed by atoms with Gasteiger partial charge < -0.3 is 9.64 Å². The summed E-state index contributed by atoms with van der Waals surface area (Å²) in [4.78, 5) is 22.6. The Morgan fingerprint density at radius 1 is 1.33 bits per heavy atom. The number of ether oxygens (including phenoxy) is 1. The molecule has 0 unspecified atom stereocenters. The van der Waals surface area contributed by atoms with Gasteiger partial charge in [0.25, 0.3) is 5.91 Å². The average Bonchev–Trinajstić information content (AvgIpc) is 2.94. The molecule has 24 heavy (non-hydrogen) atoms. The highest BCUT2D eigenvalue weighted by Crippen LogP contribution is 2.23. The lowest BCUT2D eigenvalue weighted by atomic mass is 10.2. The van der Waals surface area contributed by atoms with Crippen LogP contribution >= 0.6 is 11.6 Å². The van der Waals surface area contributed by atoms with Gasteiger partial charge in [-0.15, -0.1) is 0 Å². The van der Waals surface area contributed by atoms with Gasteiger partial charge in [0.2, 0.25) is 5.88 Å². The molecule has 1 aromatic heterocycles. The number of hydrogen-bond donors (Lipinski definition) is 0. The quantitative estimate of drug-likeness (QED) is 0.854. The van der Waals surface area contributed by atoms with Crippen LogP contribution in [0, 0.1) is 19.7 Å². The molecule has 1 aliphatic heterocycles. The largest absolute Gasteiger partial charge is 0.472 e. The number of halogens is 2. The molecule has 1 fully saturated rings. The molecule has 1 aliphatic rings. The van der Waals surface area contributed by atoms with Gasteiger partial charge in [0, 0.05) is 24.7 Å². The van der Waals surface area contributed by atoms with Crippen molar-refractivity contribution in [1.82, 2.24) is 14.9 Å². The Balaban J connectivity index is 1.67. The van der Waals surface area contributed by atoms with Crippen LogP contribution in [0.3, 0.4) is 0 Å². The van der Waals surface area contributed by atoms with Crippen molar-refractivity contribution in [2.24, 2.45) is 0 Å². The molecule has 1 aromatic carbocycles. The predicted molar refractivity (Wildman–Crippen MR) is 87.9 cm³/mol. The molecule has 7 heteroatoms. The van der Waals surface area contributed by atoms with Crippen LogP contribution in [-0.2, 0) is 0 Å². The van der Waals surface area contributed by atoms with E-state index >= 15 is 0 Å². The van der Waals surface area contributed by atoms with Crippen LogP contribution in [0.5, 0.6) is 5.88 Å². The van der Waals surface area contributed by atoms with E-state index in [1.54, 1.807) is 17.9 Å². The fraction of sp³-hybridized carbons (Fsp3) is 0.353. The first-order valence-electron chi connectivity index (χ1n) is 7.65. The first-order valence-corrected chi connectivity index (χ1v) is 8.03. The minimum absolute atomic E-state index is 0.117. The second-order valence-corrected chi connectivity index (χ2v) is 6.21. The van der Waals surface area contributed by atoms with Crippen molar-refractivity contribution in [3.63, 3.8) is 0 Å². The van der Waals surface area contributed by atoms with Crippen molar-refractivity contribution in [3.8, 4) is 5.88 Å². The van der Waals surface area contributed by atoms with Gasteiger partial charge in [-0.1, -0.05) is 11.6 Å². The lowest BCUT2D eigenvalue weighted by molar-refractivity contribution is 0.0771. The Morgan fingerprint density at radius 3 is 2.83 bits per heavy atom. The third-order valence-corrected chi connectivity index (χ3v) is 4.14. The highest BCUT2D eigenvalue weighted by Gasteiger charge is 2.29. The minimum Gasteiger partial charge on any atom is -0.472 e. The summed E-state index contributed by atoms with van der Waals surface area (Å²) in [7, 11) is 0. The maximum Gasteiger partial charge on any atom is 0.255 e. The summed E-state index contributed by atoms with van der Waals surface area (Å²) in [6.45, 7) is 4.68. The molecule has 0 N–H and O–H groups in total. The number of rotatable bonds is 3. The number of likely N-dealkylation sites (tertiary alicyclic amines) is 1. The average molecular weight is 350 g/mol. The van der Waals surface area contributed by atoms with E-state index in [-0.39, 0.29) is 17.0 Å². The monoisotopic (exact) mass is 349 g/mol. The summed E-state index contributed by atoms with van der Waals surface area (Å²) in [5, 5.41) is 0.117. The van der Waals surface area contributed by atoms with Crippen LogP contribution in [0.4, 0.5) is 4.39 Å². The van der Waals surface area contributed by atoms with Gasteiger partial charge in [-0.2, -0.15) is 4.98 Å². The summed E-state index contributed by atoms with van der Waals surface area (Å²) in [6.07, 6.45) is 0.564. The van der Waals surface area contributed by atoms with E-state index in [9.17, 15) is 9.18 Å². The van der Waals surface area contributed by atoms with E-state index in [2.05, 4.69) is 9.97 Å². The van der Waals surface area contributed by atoms with Gasteiger partial charge in [-0.25, -0.2) is 9.37 Å². The molecule has 0 aliphatic carbocycles. The molecule has 0 radical (unpaired) electrons. The van der Waals surface area contributed by atoms with Gasteiger partial charge in [-0.3, -0.25) is 4.79 Å². The number of nitrogens with zero attached hydrogens (tertiary/aromatic N) is 3. The SMILES string of the molecule is Cc1cc(O[C@@H]2CCN(C(=O)c3ccc(F)cc3Cl)C2)nc(C)n1. The molecular formula is C17H17ClFN3O2. The number of aryl methyl sites for hydroxylation is 2. The first-order chi connectivity index (χ1) is 11.4. The second-order valence-electron chi connectivity index (χ2n) is 5.80.